The molecule has 3 heterocycles. The fourth-order valence-electron chi connectivity index (χ4n) is 4.65. The van der Waals surface area contributed by atoms with Gasteiger partial charge in [-0.2, -0.15) is 0 Å². The number of para-hydroxylation sites is 1. The van der Waals surface area contributed by atoms with Crippen molar-refractivity contribution in [1.82, 2.24) is 14.4 Å². The van der Waals surface area contributed by atoms with E-state index in [2.05, 4.69) is 16.7 Å². The highest BCUT2D eigenvalue weighted by Crippen LogP contribution is 2.26. The molecule has 1 aromatic carbocycles. The summed E-state index contributed by atoms with van der Waals surface area (Å²) in [6.07, 6.45) is 3.80. The van der Waals surface area contributed by atoms with Gasteiger partial charge in [0, 0.05) is 49.2 Å². The molecular weight excluding hydrogens is 350 g/mol. The Morgan fingerprint density at radius 2 is 1.54 bits per heavy atom. The Bertz CT molecular complexity index is 857. The summed E-state index contributed by atoms with van der Waals surface area (Å²) < 4.78 is 2.14. The van der Waals surface area contributed by atoms with Crippen LogP contribution in [0.25, 0.3) is 5.69 Å². The average molecular weight is 380 g/mol. The summed E-state index contributed by atoms with van der Waals surface area (Å²) in [5.74, 6) is 0.466. The molecule has 28 heavy (non-hydrogen) atoms. The number of benzene rings is 1. The number of aromatic nitrogens is 1. The number of carbonyl (C=O) groups is 2. The quantitative estimate of drug-likeness (QED) is 0.818. The predicted molar refractivity (Wildman–Crippen MR) is 110 cm³/mol. The number of amides is 2. The van der Waals surface area contributed by atoms with Crippen LogP contribution in [0.4, 0.5) is 0 Å². The Kier molecular flexibility index (Phi) is 5.25. The molecule has 0 saturated carbocycles. The Labute approximate surface area is 166 Å². The van der Waals surface area contributed by atoms with Crippen LogP contribution in [0.2, 0.25) is 0 Å². The average Bonchev–Trinajstić information content (AvgIpc) is 3.36. The number of nitrogens with zero attached hydrogens (tertiary/aromatic N) is 3. The van der Waals surface area contributed by atoms with Crippen LogP contribution in [0.1, 0.15) is 47.4 Å². The minimum Gasteiger partial charge on any atom is -0.342 e. The molecule has 2 aliphatic heterocycles. The van der Waals surface area contributed by atoms with Gasteiger partial charge in [0.15, 0.2) is 0 Å². The lowest BCUT2D eigenvalue weighted by Gasteiger charge is -2.33. The SMILES string of the molecule is Cc1cc(C(=O)N2CCC(C(=O)N3CCCC3)CC2)c(C)n1-c1ccccc1. The Hall–Kier alpha value is -2.56. The highest BCUT2D eigenvalue weighted by Gasteiger charge is 2.32. The van der Waals surface area contributed by atoms with Crippen molar-refractivity contribution in [3.05, 3.63) is 53.3 Å². The lowest BCUT2D eigenvalue weighted by atomic mass is 9.95. The molecule has 0 unspecified atom stereocenters. The Morgan fingerprint density at radius 3 is 2.18 bits per heavy atom. The first-order valence-corrected chi connectivity index (χ1v) is 10.4. The van der Waals surface area contributed by atoms with E-state index in [4.69, 9.17) is 0 Å². The number of aryl methyl sites for hydroxylation is 1. The topological polar surface area (TPSA) is 45.6 Å². The van der Waals surface area contributed by atoms with E-state index in [1.807, 2.05) is 47.9 Å². The zero-order valence-corrected chi connectivity index (χ0v) is 16.9. The number of hydrogen-bond donors (Lipinski definition) is 0. The van der Waals surface area contributed by atoms with E-state index in [1.54, 1.807) is 0 Å². The zero-order valence-electron chi connectivity index (χ0n) is 16.9. The minimum atomic E-state index is 0.0823. The standard InChI is InChI=1S/C23H29N3O2/c1-17-16-21(18(2)26(17)20-8-4-3-5-9-20)23(28)25-14-10-19(11-15-25)22(27)24-12-6-7-13-24/h3-5,8-9,16,19H,6-7,10-15H2,1-2H3. The molecule has 5 heteroatoms. The lowest BCUT2D eigenvalue weighted by molar-refractivity contribution is -0.135. The largest absolute Gasteiger partial charge is 0.342 e. The first kappa shape index (κ1) is 18.8. The molecule has 2 aliphatic rings. The van der Waals surface area contributed by atoms with Gasteiger partial charge in [-0.05, 0) is 57.7 Å². The van der Waals surface area contributed by atoms with E-state index < -0.39 is 0 Å². The van der Waals surface area contributed by atoms with Gasteiger partial charge < -0.3 is 14.4 Å². The van der Waals surface area contributed by atoms with Crippen LogP contribution < -0.4 is 0 Å². The fourth-order valence-corrected chi connectivity index (χ4v) is 4.65. The van der Waals surface area contributed by atoms with Crippen LogP contribution in [0.5, 0.6) is 0 Å². The van der Waals surface area contributed by atoms with E-state index >= 15 is 0 Å². The first-order chi connectivity index (χ1) is 13.6. The molecule has 0 aliphatic carbocycles. The zero-order chi connectivity index (χ0) is 19.7. The van der Waals surface area contributed by atoms with E-state index in [0.717, 1.165) is 61.4 Å². The van der Waals surface area contributed by atoms with Crippen molar-refractivity contribution in [1.29, 1.82) is 0 Å². The van der Waals surface area contributed by atoms with Crippen LogP contribution in [0.3, 0.4) is 0 Å². The Balaban J connectivity index is 1.45. The molecule has 0 bridgehead atoms. The number of rotatable bonds is 3. The molecule has 1 aromatic heterocycles. The summed E-state index contributed by atoms with van der Waals surface area (Å²) in [5, 5.41) is 0. The van der Waals surface area contributed by atoms with Gasteiger partial charge in [-0.15, -0.1) is 0 Å². The van der Waals surface area contributed by atoms with Crippen LogP contribution in [0, 0.1) is 19.8 Å². The van der Waals surface area contributed by atoms with Gasteiger partial charge in [-0.3, -0.25) is 9.59 Å². The molecule has 148 valence electrons. The van der Waals surface area contributed by atoms with Crippen molar-refractivity contribution in [2.24, 2.45) is 5.92 Å². The molecule has 2 amide bonds. The molecule has 0 spiro atoms. The van der Waals surface area contributed by atoms with Crippen LogP contribution in [-0.4, -0.2) is 52.4 Å². The predicted octanol–water partition coefficient (Wildman–Crippen LogP) is 3.57. The molecule has 2 fully saturated rings. The fraction of sp³-hybridized carbons (Fsp3) is 0.478. The van der Waals surface area contributed by atoms with E-state index in [9.17, 15) is 9.59 Å². The molecule has 2 aromatic rings. The van der Waals surface area contributed by atoms with Crippen LogP contribution >= 0.6 is 0 Å². The third-order valence-corrected chi connectivity index (χ3v) is 6.23. The lowest BCUT2D eigenvalue weighted by Crippen LogP contribution is -2.43. The summed E-state index contributed by atoms with van der Waals surface area (Å²) in [4.78, 5) is 29.7. The maximum atomic E-state index is 13.2. The molecule has 0 N–H and O–H groups in total. The van der Waals surface area contributed by atoms with Gasteiger partial charge in [0.1, 0.15) is 0 Å². The summed E-state index contributed by atoms with van der Waals surface area (Å²) >= 11 is 0. The normalized spacial score (nSPS) is 17.9. The highest BCUT2D eigenvalue weighted by atomic mass is 16.2. The van der Waals surface area contributed by atoms with Crippen molar-refractivity contribution in [2.75, 3.05) is 26.2 Å². The smallest absolute Gasteiger partial charge is 0.255 e. The summed E-state index contributed by atoms with van der Waals surface area (Å²) in [6, 6.07) is 12.1. The third kappa shape index (κ3) is 3.46. The van der Waals surface area contributed by atoms with Crippen molar-refractivity contribution in [3.8, 4) is 5.69 Å². The van der Waals surface area contributed by atoms with Crippen LogP contribution in [0.15, 0.2) is 36.4 Å². The van der Waals surface area contributed by atoms with Gasteiger partial charge in [0.2, 0.25) is 5.91 Å². The second kappa shape index (κ2) is 7.82. The van der Waals surface area contributed by atoms with Crippen LogP contribution in [-0.2, 0) is 4.79 Å². The van der Waals surface area contributed by atoms with Gasteiger partial charge in [-0.25, -0.2) is 0 Å². The first-order valence-electron chi connectivity index (χ1n) is 10.4. The van der Waals surface area contributed by atoms with Crippen molar-refractivity contribution in [3.63, 3.8) is 0 Å². The van der Waals surface area contributed by atoms with E-state index in [0.29, 0.717) is 19.0 Å². The van der Waals surface area contributed by atoms with Gasteiger partial charge in [-0.1, -0.05) is 18.2 Å². The number of hydrogen-bond acceptors (Lipinski definition) is 2. The maximum absolute atomic E-state index is 13.2. The highest BCUT2D eigenvalue weighted by molar-refractivity contribution is 5.96. The second-order valence-corrected chi connectivity index (χ2v) is 8.05. The molecule has 0 radical (unpaired) electrons. The summed E-state index contributed by atoms with van der Waals surface area (Å²) in [5.41, 5.74) is 3.88. The number of likely N-dealkylation sites (tertiary alicyclic amines) is 2. The molecule has 5 nitrogen and oxygen atoms in total. The minimum absolute atomic E-state index is 0.0823. The monoisotopic (exact) mass is 379 g/mol. The second-order valence-electron chi connectivity index (χ2n) is 8.05. The van der Waals surface area contributed by atoms with Crippen molar-refractivity contribution < 1.29 is 9.59 Å². The molecule has 2 saturated heterocycles. The Morgan fingerprint density at radius 1 is 0.893 bits per heavy atom. The molecular formula is C23H29N3O2. The van der Waals surface area contributed by atoms with Crippen molar-refractivity contribution >= 4 is 11.8 Å². The third-order valence-electron chi connectivity index (χ3n) is 6.23. The van der Waals surface area contributed by atoms with Gasteiger partial charge in [0.05, 0.1) is 5.56 Å². The van der Waals surface area contributed by atoms with E-state index in [-0.39, 0.29) is 11.8 Å². The number of piperidine rings is 1. The molecule has 0 atom stereocenters. The molecule has 4 rings (SSSR count). The number of carbonyl (C=O) groups excluding carboxylic acids is 2. The van der Waals surface area contributed by atoms with Crippen molar-refractivity contribution in [2.45, 2.75) is 39.5 Å². The van der Waals surface area contributed by atoms with Gasteiger partial charge >= 0.3 is 0 Å². The van der Waals surface area contributed by atoms with E-state index in [1.165, 1.54) is 0 Å². The maximum Gasteiger partial charge on any atom is 0.255 e. The summed E-state index contributed by atoms with van der Waals surface area (Å²) in [7, 11) is 0. The summed E-state index contributed by atoms with van der Waals surface area (Å²) in [6.45, 7) is 7.19. The van der Waals surface area contributed by atoms with Gasteiger partial charge in [0.25, 0.3) is 5.91 Å².